The van der Waals surface area contributed by atoms with Gasteiger partial charge in [-0.25, -0.2) is 0 Å². The summed E-state index contributed by atoms with van der Waals surface area (Å²) in [5.41, 5.74) is 2.40. The number of aliphatic hydroxyl groups excluding tert-OH is 1. The monoisotopic (exact) mass is 284 g/mol. The maximum Gasteiger partial charge on any atom is 0.0684 e. The first-order valence-electron chi connectivity index (χ1n) is 6.12. The van der Waals surface area contributed by atoms with Gasteiger partial charge in [0.05, 0.1) is 6.61 Å². The second kappa shape index (κ2) is 8.77. The molecule has 1 rings (SSSR count). The highest BCUT2D eigenvalue weighted by molar-refractivity contribution is 9.09. The molecular formula is C14H21BrO. The zero-order valence-corrected chi connectivity index (χ0v) is 11.4. The Morgan fingerprint density at radius 3 is 2.19 bits per heavy atom. The van der Waals surface area contributed by atoms with Crippen LogP contribution >= 0.6 is 15.9 Å². The number of alkyl halides is 1. The second-order valence-corrected chi connectivity index (χ2v) is 4.93. The van der Waals surface area contributed by atoms with Crippen LogP contribution in [0, 0.1) is 0 Å². The highest BCUT2D eigenvalue weighted by Crippen LogP contribution is 2.13. The molecule has 0 aliphatic heterocycles. The smallest absolute Gasteiger partial charge is 0.0684 e. The Morgan fingerprint density at radius 1 is 0.875 bits per heavy atom. The van der Waals surface area contributed by atoms with Gasteiger partial charge in [-0.05, 0) is 30.4 Å². The van der Waals surface area contributed by atoms with Gasteiger partial charge in [0.1, 0.15) is 0 Å². The summed E-state index contributed by atoms with van der Waals surface area (Å²) in [6.07, 6.45) is 7.57. The lowest BCUT2D eigenvalue weighted by atomic mass is 10.0. The Kier molecular flexibility index (Phi) is 7.52. The Hall–Kier alpha value is -0.340. The maximum absolute atomic E-state index is 9.19. The predicted octanol–water partition coefficient (Wildman–Crippen LogP) is 4.07. The van der Waals surface area contributed by atoms with E-state index in [0.717, 1.165) is 17.3 Å². The van der Waals surface area contributed by atoms with E-state index in [1.807, 2.05) is 12.1 Å². The van der Waals surface area contributed by atoms with Crippen LogP contribution in [0.15, 0.2) is 24.3 Å². The summed E-state index contributed by atoms with van der Waals surface area (Å²) in [6.45, 7) is 0.166. The fraction of sp³-hybridized carbons (Fsp3) is 0.571. The van der Waals surface area contributed by atoms with Crippen LogP contribution in [0.4, 0.5) is 0 Å². The Balaban J connectivity index is 2.21. The van der Waals surface area contributed by atoms with Crippen molar-refractivity contribution in [3.05, 3.63) is 35.4 Å². The van der Waals surface area contributed by atoms with Gasteiger partial charge < -0.3 is 5.11 Å². The Morgan fingerprint density at radius 2 is 1.50 bits per heavy atom. The van der Waals surface area contributed by atoms with E-state index in [2.05, 4.69) is 28.1 Å². The van der Waals surface area contributed by atoms with Crippen LogP contribution in [0.25, 0.3) is 0 Å². The van der Waals surface area contributed by atoms with Gasteiger partial charge in [-0.3, -0.25) is 0 Å². The molecule has 90 valence electrons. The van der Waals surface area contributed by atoms with Crippen LogP contribution in [0.3, 0.4) is 0 Å². The van der Waals surface area contributed by atoms with Crippen molar-refractivity contribution < 1.29 is 5.11 Å². The van der Waals surface area contributed by atoms with Crippen LogP contribution in [-0.2, 0) is 13.0 Å². The van der Waals surface area contributed by atoms with Crippen molar-refractivity contribution in [2.45, 2.75) is 45.1 Å². The number of aryl methyl sites for hydroxylation is 1. The number of hydrogen-bond acceptors (Lipinski definition) is 1. The van der Waals surface area contributed by atoms with E-state index in [0.29, 0.717) is 0 Å². The summed E-state index contributed by atoms with van der Waals surface area (Å²) in [5.74, 6) is 0. The lowest BCUT2D eigenvalue weighted by Crippen LogP contribution is -1.94. The lowest BCUT2D eigenvalue weighted by Gasteiger charge is -2.06. The summed E-state index contributed by atoms with van der Waals surface area (Å²) < 4.78 is 0. The van der Waals surface area contributed by atoms with E-state index in [1.165, 1.54) is 37.7 Å². The van der Waals surface area contributed by atoms with Gasteiger partial charge in [0.15, 0.2) is 0 Å². The first-order chi connectivity index (χ1) is 7.88. The molecule has 0 saturated carbocycles. The molecule has 0 saturated heterocycles. The van der Waals surface area contributed by atoms with Crippen molar-refractivity contribution in [1.82, 2.24) is 0 Å². The number of halogens is 1. The topological polar surface area (TPSA) is 20.2 Å². The van der Waals surface area contributed by atoms with E-state index in [1.54, 1.807) is 0 Å². The highest BCUT2D eigenvalue weighted by Gasteiger charge is 1.99. The average Bonchev–Trinajstić information content (AvgIpc) is 2.34. The van der Waals surface area contributed by atoms with Crippen molar-refractivity contribution in [2.24, 2.45) is 0 Å². The van der Waals surface area contributed by atoms with Gasteiger partial charge in [0.25, 0.3) is 0 Å². The molecule has 0 aliphatic rings. The maximum atomic E-state index is 9.19. The molecule has 16 heavy (non-hydrogen) atoms. The molecule has 0 aliphatic carbocycles. The quantitative estimate of drug-likeness (QED) is 0.564. The van der Waals surface area contributed by atoms with E-state index in [-0.39, 0.29) is 6.61 Å². The number of rotatable bonds is 8. The van der Waals surface area contributed by atoms with Crippen LogP contribution < -0.4 is 0 Å². The molecule has 1 aromatic rings. The molecule has 2 heteroatoms. The first kappa shape index (κ1) is 13.7. The molecule has 0 bridgehead atoms. The zero-order chi connectivity index (χ0) is 11.6. The number of aliphatic hydroxyl groups is 1. The van der Waals surface area contributed by atoms with Gasteiger partial charge in [-0.15, -0.1) is 0 Å². The molecule has 0 atom stereocenters. The lowest BCUT2D eigenvalue weighted by molar-refractivity contribution is 0.280. The molecule has 0 radical (unpaired) electrons. The fourth-order valence-electron chi connectivity index (χ4n) is 1.90. The van der Waals surface area contributed by atoms with Gasteiger partial charge >= 0.3 is 0 Å². The molecule has 0 amide bonds. The number of unbranched alkanes of at least 4 members (excludes halogenated alkanes) is 4. The molecule has 0 unspecified atom stereocenters. The number of benzene rings is 1. The minimum atomic E-state index is 0.166. The summed E-state index contributed by atoms with van der Waals surface area (Å²) in [5, 5.41) is 10.3. The van der Waals surface area contributed by atoms with Gasteiger partial charge in [-0.1, -0.05) is 59.5 Å². The SMILES string of the molecule is OCc1ccccc1CCCCCCCBr. The van der Waals surface area contributed by atoms with Gasteiger partial charge in [0.2, 0.25) is 0 Å². The van der Waals surface area contributed by atoms with Crippen molar-refractivity contribution >= 4 is 15.9 Å². The standard InChI is InChI=1S/C14H21BrO/c15-11-7-3-1-2-4-8-13-9-5-6-10-14(13)12-16/h5-6,9-10,16H,1-4,7-8,11-12H2. The summed E-state index contributed by atoms with van der Waals surface area (Å²) >= 11 is 3.45. The normalized spacial score (nSPS) is 10.6. The molecule has 1 N–H and O–H groups in total. The van der Waals surface area contributed by atoms with Crippen molar-refractivity contribution in [3.8, 4) is 0 Å². The van der Waals surface area contributed by atoms with E-state index in [9.17, 15) is 5.11 Å². The summed E-state index contributed by atoms with van der Waals surface area (Å²) in [6, 6.07) is 8.19. The molecule has 0 spiro atoms. The highest BCUT2D eigenvalue weighted by atomic mass is 79.9. The number of hydrogen-bond donors (Lipinski definition) is 1. The molecular weight excluding hydrogens is 264 g/mol. The van der Waals surface area contributed by atoms with Crippen LogP contribution in [0.1, 0.15) is 43.2 Å². The van der Waals surface area contributed by atoms with Crippen molar-refractivity contribution in [2.75, 3.05) is 5.33 Å². The molecule has 0 aromatic heterocycles. The average molecular weight is 285 g/mol. The van der Waals surface area contributed by atoms with E-state index < -0.39 is 0 Å². The van der Waals surface area contributed by atoms with Gasteiger partial charge in [-0.2, -0.15) is 0 Å². The van der Waals surface area contributed by atoms with Gasteiger partial charge in [0, 0.05) is 5.33 Å². The Labute approximate surface area is 107 Å². The summed E-state index contributed by atoms with van der Waals surface area (Å²) in [7, 11) is 0. The van der Waals surface area contributed by atoms with Crippen molar-refractivity contribution in [3.63, 3.8) is 0 Å². The molecule has 0 fully saturated rings. The summed E-state index contributed by atoms with van der Waals surface area (Å²) in [4.78, 5) is 0. The van der Waals surface area contributed by atoms with Crippen LogP contribution in [-0.4, -0.2) is 10.4 Å². The first-order valence-corrected chi connectivity index (χ1v) is 7.24. The largest absolute Gasteiger partial charge is 0.392 e. The van der Waals surface area contributed by atoms with Crippen LogP contribution in [0.2, 0.25) is 0 Å². The minimum Gasteiger partial charge on any atom is -0.392 e. The molecule has 1 aromatic carbocycles. The third-order valence-electron chi connectivity index (χ3n) is 2.87. The van der Waals surface area contributed by atoms with E-state index in [4.69, 9.17) is 0 Å². The molecule has 1 nitrogen and oxygen atoms in total. The third-order valence-corrected chi connectivity index (χ3v) is 3.43. The minimum absolute atomic E-state index is 0.166. The fourth-order valence-corrected chi connectivity index (χ4v) is 2.29. The van der Waals surface area contributed by atoms with Crippen LogP contribution in [0.5, 0.6) is 0 Å². The predicted molar refractivity (Wildman–Crippen MR) is 72.9 cm³/mol. The second-order valence-electron chi connectivity index (χ2n) is 4.13. The molecule has 0 heterocycles. The third kappa shape index (κ3) is 5.13. The zero-order valence-electron chi connectivity index (χ0n) is 9.79. The Bertz CT molecular complexity index is 286. The van der Waals surface area contributed by atoms with Crippen molar-refractivity contribution in [1.29, 1.82) is 0 Å². The van der Waals surface area contributed by atoms with E-state index >= 15 is 0 Å².